The summed E-state index contributed by atoms with van der Waals surface area (Å²) < 4.78 is 37.6. The predicted octanol–water partition coefficient (Wildman–Crippen LogP) is 6.96. The molecule has 1 aromatic heterocycles. The van der Waals surface area contributed by atoms with Crippen molar-refractivity contribution in [3.63, 3.8) is 0 Å². The van der Waals surface area contributed by atoms with Crippen LogP contribution in [0.25, 0.3) is 0 Å². The Bertz CT molecular complexity index is 2140. The van der Waals surface area contributed by atoms with Crippen LogP contribution in [0.1, 0.15) is 63.2 Å². The highest BCUT2D eigenvalue weighted by molar-refractivity contribution is 6.11. The highest BCUT2D eigenvalue weighted by atomic mass is 19.4. The number of carbonyl (C=O) groups is 4. The second kappa shape index (κ2) is 18.0. The van der Waals surface area contributed by atoms with Crippen LogP contribution in [0.15, 0.2) is 115 Å². The molecule has 1 aliphatic heterocycles. The van der Waals surface area contributed by atoms with Crippen molar-refractivity contribution in [3.05, 3.63) is 149 Å². The molecule has 5 aromatic rings. The molecule has 0 radical (unpaired) electrons. The summed E-state index contributed by atoms with van der Waals surface area (Å²) in [5.74, 6) is -4.05. The molecule has 1 aliphatic rings. The average molecular weight is 770 g/mol. The number of nitrogens with two attached hydrogens (primary N) is 1. The molecule has 4 N–H and O–H groups in total. The van der Waals surface area contributed by atoms with Crippen LogP contribution in [-0.2, 0) is 27.3 Å². The zero-order chi connectivity index (χ0) is 40.4. The number of aryl methyl sites for hydroxylation is 2. The summed E-state index contributed by atoms with van der Waals surface area (Å²) in [6, 6.07) is 33.0. The van der Waals surface area contributed by atoms with Gasteiger partial charge < -0.3 is 30.5 Å². The number of carboxylic acid groups (broad SMARTS) is 2. The first kappa shape index (κ1) is 40.4. The number of amides is 2. The summed E-state index contributed by atoms with van der Waals surface area (Å²) in [5, 5.41) is 17.2. The number of anilines is 2. The molecule has 2 atom stereocenters. The number of aliphatic carboxylic acids is 2. The van der Waals surface area contributed by atoms with Crippen molar-refractivity contribution in [2.45, 2.75) is 51.0 Å². The van der Waals surface area contributed by atoms with E-state index in [9.17, 15) is 32.7 Å². The first-order valence-electron chi connectivity index (χ1n) is 17.4. The lowest BCUT2D eigenvalue weighted by atomic mass is 9.95. The van der Waals surface area contributed by atoms with Gasteiger partial charge in [0.1, 0.15) is 6.04 Å². The van der Waals surface area contributed by atoms with E-state index in [-0.39, 0.29) is 24.8 Å². The van der Waals surface area contributed by atoms with Gasteiger partial charge in [-0.05, 0) is 54.2 Å². The van der Waals surface area contributed by atoms with E-state index in [1.807, 2.05) is 79.7 Å². The molecule has 290 valence electrons. The Labute approximate surface area is 320 Å². The number of hydrogen-bond acceptors (Lipinski definition) is 8. The van der Waals surface area contributed by atoms with E-state index < -0.39 is 36.1 Å². The Balaban J connectivity index is 0.000000784. The fraction of sp³-hybridized carbons (Fsp3) is 0.220. The maximum absolute atomic E-state index is 15.0. The Morgan fingerprint density at radius 1 is 0.857 bits per heavy atom. The minimum Gasteiger partial charge on any atom is -0.481 e. The fourth-order valence-electron chi connectivity index (χ4n) is 6.28. The molecule has 15 heteroatoms. The molecular formula is C41H38F3N5O7. The topological polar surface area (TPSA) is 176 Å². The quantitative estimate of drug-likeness (QED) is 0.113. The zero-order valence-electron chi connectivity index (χ0n) is 30.1. The number of rotatable bonds is 12. The highest BCUT2D eigenvalue weighted by Crippen LogP contribution is 2.42. The van der Waals surface area contributed by atoms with Gasteiger partial charge in [0.25, 0.3) is 11.8 Å². The predicted molar refractivity (Wildman–Crippen MR) is 200 cm³/mol. The van der Waals surface area contributed by atoms with Gasteiger partial charge in [-0.1, -0.05) is 97.1 Å². The van der Waals surface area contributed by atoms with Crippen LogP contribution in [0.5, 0.6) is 5.88 Å². The van der Waals surface area contributed by atoms with Crippen molar-refractivity contribution in [2.75, 3.05) is 17.2 Å². The lowest BCUT2D eigenvalue weighted by molar-refractivity contribution is -0.192. The van der Waals surface area contributed by atoms with Crippen molar-refractivity contribution >= 4 is 35.4 Å². The van der Waals surface area contributed by atoms with Crippen molar-refractivity contribution < 1.29 is 47.3 Å². The first-order chi connectivity index (χ1) is 26.7. The molecule has 6 rings (SSSR count). The number of alkyl halides is 3. The van der Waals surface area contributed by atoms with Gasteiger partial charge in [-0.3, -0.25) is 14.4 Å². The third-order valence-corrected chi connectivity index (χ3v) is 8.73. The number of hydrogen-bond donors (Lipinski definition) is 3. The number of fused-ring (bicyclic) bond motifs is 1. The zero-order valence-corrected chi connectivity index (χ0v) is 30.1. The van der Waals surface area contributed by atoms with Crippen LogP contribution in [0.3, 0.4) is 0 Å². The van der Waals surface area contributed by atoms with Crippen LogP contribution >= 0.6 is 0 Å². The normalized spacial score (nSPS) is 14.5. The van der Waals surface area contributed by atoms with E-state index in [2.05, 4.69) is 9.97 Å². The summed E-state index contributed by atoms with van der Waals surface area (Å²) >= 11 is 0. The lowest BCUT2D eigenvalue weighted by Crippen LogP contribution is -2.44. The molecular weight excluding hydrogens is 731 g/mol. The molecule has 0 bridgehead atoms. The number of nitrogen functional groups attached to an aromatic ring is 1. The fourth-order valence-corrected chi connectivity index (χ4v) is 6.28. The van der Waals surface area contributed by atoms with Gasteiger partial charge in [0.2, 0.25) is 11.8 Å². The smallest absolute Gasteiger partial charge is 0.481 e. The van der Waals surface area contributed by atoms with Crippen LogP contribution < -0.4 is 15.4 Å². The minimum atomic E-state index is -5.08. The molecule has 0 aliphatic carbocycles. The van der Waals surface area contributed by atoms with Gasteiger partial charge >= 0.3 is 18.1 Å². The SMILES string of the molecule is Cc1cc(OCCCc2ccc3c(c2)C(=O)N(C(CC(=O)O)c2ccccc2)C(c2ccccc2)C(=O)N3Cc2ccccc2)nc(N)n1.O=C(O)C(F)(F)F. The number of halogens is 3. The second-order valence-corrected chi connectivity index (χ2v) is 12.8. The Morgan fingerprint density at radius 3 is 2.05 bits per heavy atom. The molecule has 0 spiro atoms. The van der Waals surface area contributed by atoms with E-state index in [1.165, 1.54) is 4.90 Å². The molecule has 12 nitrogen and oxygen atoms in total. The van der Waals surface area contributed by atoms with Gasteiger partial charge in [0.05, 0.1) is 36.9 Å². The molecule has 56 heavy (non-hydrogen) atoms. The molecule has 4 aromatic carbocycles. The average Bonchev–Trinajstić information content (AvgIpc) is 3.25. The van der Waals surface area contributed by atoms with Crippen molar-refractivity contribution in [2.24, 2.45) is 0 Å². The van der Waals surface area contributed by atoms with Gasteiger partial charge in [0.15, 0.2) is 0 Å². The standard InChI is InChI=1S/C39H37N5O5.C2HF3O2/c1-26-22-34(42-39(40)41-26)49-21-11-14-27-19-20-32-31(23-27)37(47)44(33(24-35(45)46)29-15-7-3-8-16-29)36(30-17-9-4-10-18-30)38(48)43(32)25-28-12-5-2-6-13-28;3-2(4,5)1(6)7/h2-10,12-13,15-20,22-23,33,36H,11,14,21,24-25H2,1H3,(H,45,46)(H2,40,41,42);(H,6,7). The summed E-state index contributed by atoms with van der Waals surface area (Å²) in [4.78, 5) is 62.5. The second-order valence-electron chi connectivity index (χ2n) is 12.8. The third-order valence-electron chi connectivity index (χ3n) is 8.73. The Morgan fingerprint density at radius 2 is 1.46 bits per heavy atom. The number of nitrogens with zero attached hydrogens (tertiary/aromatic N) is 4. The van der Waals surface area contributed by atoms with Crippen LogP contribution in [-0.4, -0.2) is 61.6 Å². The van der Waals surface area contributed by atoms with Crippen LogP contribution in [0, 0.1) is 6.92 Å². The van der Waals surface area contributed by atoms with Crippen molar-refractivity contribution in [1.29, 1.82) is 0 Å². The third kappa shape index (κ3) is 10.3. The van der Waals surface area contributed by atoms with E-state index in [1.54, 1.807) is 47.4 Å². The lowest BCUT2D eigenvalue weighted by Gasteiger charge is -2.37. The molecule has 2 unspecified atom stereocenters. The molecule has 2 amide bonds. The summed E-state index contributed by atoms with van der Waals surface area (Å²) in [7, 11) is 0. The van der Waals surface area contributed by atoms with E-state index >= 15 is 0 Å². The molecule has 0 saturated heterocycles. The highest BCUT2D eigenvalue weighted by Gasteiger charge is 2.44. The van der Waals surface area contributed by atoms with Crippen molar-refractivity contribution in [1.82, 2.24) is 14.9 Å². The monoisotopic (exact) mass is 769 g/mol. The van der Waals surface area contributed by atoms with Gasteiger partial charge in [-0.2, -0.15) is 18.2 Å². The number of benzene rings is 4. The Kier molecular flexibility index (Phi) is 13.0. The minimum absolute atomic E-state index is 0.143. The van der Waals surface area contributed by atoms with Gasteiger partial charge in [-0.25, -0.2) is 9.78 Å². The van der Waals surface area contributed by atoms with Crippen LogP contribution in [0.2, 0.25) is 0 Å². The molecule has 2 heterocycles. The Hall–Kier alpha value is -6.77. The maximum Gasteiger partial charge on any atom is 0.490 e. The van der Waals surface area contributed by atoms with Crippen LogP contribution in [0.4, 0.5) is 24.8 Å². The number of carboxylic acids is 2. The number of ether oxygens (including phenoxy) is 1. The number of carbonyl (C=O) groups excluding carboxylic acids is 2. The summed E-state index contributed by atoms with van der Waals surface area (Å²) in [5.41, 5.74) is 10.2. The van der Waals surface area contributed by atoms with Gasteiger partial charge in [-0.15, -0.1) is 0 Å². The molecule has 0 fully saturated rings. The summed E-state index contributed by atoms with van der Waals surface area (Å²) in [6.45, 7) is 2.39. The summed E-state index contributed by atoms with van der Waals surface area (Å²) in [6.07, 6.45) is -4.28. The maximum atomic E-state index is 15.0. The van der Waals surface area contributed by atoms with Crippen molar-refractivity contribution in [3.8, 4) is 5.88 Å². The first-order valence-corrected chi connectivity index (χ1v) is 17.4. The van der Waals surface area contributed by atoms with E-state index in [0.717, 1.165) is 11.1 Å². The van der Waals surface area contributed by atoms with E-state index in [4.69, 9.17) is 20.4 Å². The molecule has 0 saturated carbocycles. The largest absolute Gasteiger partial charge is 0.490 e. The number of aromatic nitrogens is 2. The van der Waals surface area contributed by atoms with E-state index in [0.29, 0.717) is 53.4 Å². The van der Waals surface area contributed by atoms with Gasteiger partial charge in [0, 0.05) is 11.8 Å².